The molecule has 1 atom stereocenters. The lowest BCUT2D eigenvalue weighted by Gasteiger charge is -2.32. The predicted molar refractivity (Wildman–Crippen MR) is 94.3 cm³/mol. The van der Waals surface area contributed by atoms with Crippen LogP contribution in [0.5, 0.6) is 0 Å². The first-order valence-corrected chi connectivity index (χ1v) is 8.87. The molecule has 3 rings (SSSR count). The van der Waals surface area contributed by atoms with Gasteiger partial charge in [-0.05, 0) is 25.5 Å². The van der Waals surface area contributed by atoms with Gasteiger partial charge >= 0.3 is 0 Å². The fourth-order valence-corrected chi connectivity index (χ4v) is 3.40. The largest absolute Gasteiger partial charge is 0.354 e. The number of hydrogen-bond donors (Lipinski definition) is 1. The molecule has 0 radical (unpaired) electrons. The number of nitrogens with zero attached hydrogens (tertiary/aromatic N) is 6. The van der Waals surface area contributed by atoms with Crippen LogP contribution in [0, 0.1) is 0 Å². The first-order chi connectivity index (χ1) is 12.0. The maximum atomic E-state index is 11.7. The van der Waals surface area contributed by atoms with Gasteiger partial charge in [-0.2, -0.15) is 5.10 Å². The Morgan fingerprint density at radius 3 is 2.88 bits per heavy atom. The first kappa shape index (κ1) is 17.6. The third-order valence-corrected chi connectivity index (χ3v) is 4.80. The molecule has 1 aliphatic heterocycles. The molecule has 0 aliphatic carbocycles. The Bertz CT molecular complexity index is 733. The summed E-state index contributed by atoms with van der Waals surface area (Å²) < 4.78 is 4.03. The van der Waals surface area contributed by atoms with Crippen molar-refractivity contribution in [2.45, 2.75) is 45.2 Å². The number of rotatable bonds is 5. The number of piperidine rings is 1. The molecule has 8 heteroatoms. The zero-order valence-corrected chi connectivity index (χ0v) is 15.4. The highest BCUT2D eigenvalue weighted by Crippen LogP contribution is 2.23. The molecule has 1 N–H and O–H groups in total. The van der Waals surface area contributed by atoms with Crippen molar-refractivity contribution >= 4 is 5.91 Å². The summed E-state index contributed by atoms with van der Waals surface area (Å²) in [7, 11) is 3.66. The molecule has 2 aromatic rings. The molecule has 0 unspecified atom stereocenters. The molecule has 0 saturated carbocycles. The second kappa shape index (κ2) is 7.35. The molecule has 1 aliphatic rings. The van der Waals surface area contributed by atoms with E-state index in [1.54, 1.807) is 13.1 Å². The molecule has 3 heterocycles. The molecule has 0 aromatic carbocycles. The average molecular weight is 345 g/mol. The number of carbonyl (C=O) groups is 1. The standard InChI is InChI=1S/C17H27N7O/c1-12(2)16-20-19-15(22(16)4)11-23-8-5-6-13(10-23)24-9-7-14(21-24)17(25)18-3/h7,9,12-13H,5-6,8,10-11H2,1-4H3,(H,18,25)/t13-/m0/s1. The van der Waals surface area contributed by atoms with E-state index >= 15 is 0 Å². The first-order valence-electron chi connectivity index (χ1n) is 8.87. The van der Waals surface area contributed by atoms with Crippen molar-refractivity contribution in [1.29, 1.82) is 0 Å². The van der Waals surface area contributed by atoms with E-state index in [0.29, 0.717) is 11.6 Å². The van der Waals surface area contributed by atoms with Crippen molar-refractivity contribution in [3.63, 3.8) is 0 Å². The Labute approximate surface area is 148 Å². The van der Waals surface area contributed by atoms with E-state index in [2.05, 4.69) is 43.9 Å². The summed E-state index contributed by atoms with van der Waals surface area (Å²) in [5.41, 5.74) is 0.467. The highest BCUT2D eigenvalue weighted by molar-refractivity contribution is 5.91. The van der Waals surface area contributed by atoms with Crippen molar-refractivity contribution in [1.82, 2.24) is 34.8 Å². The lowest BCUT2D eigenvalue weighted by atomic mass is 10.1. The average Bonchev–Trinajstić information content (AvgIpc) is 3.22. The van der Waals surface area contributed by atoms with E-state index in [1.807, 2.05) is 17.9 Å². The van der Waals surface area contributed by atoms with E-state index in [-0.39, 0.29) is 11.9 Å². The van der Waals surface area contributed by atoms with E-state index in [0.717, 1.165) is 44.1 Å². The molecule has 2 aromatic heterocycles. The van der Waals surface area contributed by atoms with Crippen LogP contribution < -0.4 is 5.32 Å². The molecule has 1 amide bonds. The van der Waals surface area contributed by atoms with Crippen LogP contribution in [-0.2, 0) is 13.6 Å². The number of likely N-dealkylation sites (tertiary alicyclic amines) is 1. The van der Waals surface area contributed by atoms with Crippen LogP contribution >= 0.6 is 0 Å². The van der Waals surface area contributed by atoms with Gasteiger partial charge in [0.25, 0.3) is 5.91 Å². The van der Waals surface area contributed by atoms with Gasteiger partial charge in [0, 0.05) is 32.8 Å². The summed E-state index contributed by atoms with van der Waals surface area (Å²) in [6.45, 7) is 7.00. The van der Waals surface area contributed by atoms with Crippen molar-refractivity contribution in [2.75, 3.05) is 20.1 Å². The lowest BCUT2D eigenvalue weighted by molar-refractivity contribution is 0.0955. The third-order valence-electron chi connectivity index (χ3n) is 4.80. The fourth-order valence-electron chi connectivity index (χ4n) is 3.40. The van der Waals surface area contributed by atoms with E-state index in [4.69, 9.17) is 0 Å². The van der Waals surface area contributed by atoms with Gasteiger partial charge in [0.1, 0.15) is 17.3 Å². The van der Waals surface area contributed by atoms with Crippen LogP contribution in [0.3, 0.4) is 0 Å². The number of amides is 1. The highest BCUT2D eigenvalue weighted by Gasteiger charge is 2.24. The molecule has 25 heavy (non-hydrogen) atoms. The Morgan fingerprint density at radius 2 is 2.20 bits per heavy atom. The van der Waals surface area contributed by atoms with Gasteiger partial charge in [-0.25, -0.2) is 0 Å². The van der Waals surface area contributed by atoms with Gasteiger partial charge < -0.3 is 9.88 Å². The number of carbonyl (C=O) groups excluding carboxylic acids is 1. The summed E-state index contributed by atoms with van der Waals surface area (Å²) in [6, 6.07) is 2.06. The van der Waals surface area contributed by atoms with Crippen molar-refractivity contribution < 1.29 is 4.79 Å². The Kier molecular flexibility index (Phi) is 5.17. The van der Waals surface area contributed by atoms with Gasteiger partial charge in [-0.15, -0.1) is 10.2 Å². The summed E-state index contributed by atoms with van der Waals surface area (Å²) in [5, 5.41) is 15.7. The zero-order valence-electron chi connectivity index (χ0n) is 15.4. The smallest absolute Gasteiger partial charge is 0.271 e. The van der Waals surface area contributed by atoms with Gasteiger partial charge in [-0.3, -0.25) is 14.4 Å². The summed E-state index contributed by atoms with van der Waals surface area (Å²) in [4.78, 5) is 14.1. The van der Waals surface area contributed by atoms with Gasteiger partial charge in [0.15, 0.2) is 0 Å². The van der Waals surface area contributed by atoms with Crippen molar-refractivity contribution in [3.05, 3.63) is 29.6 Å². The highest BCUT2D eigenvalue weighted by atomic mass is 16.1. The van der Waals surface area contributed by atoms with Crippen molar-refractivity contribution in [2.24, 2.45) is 7.05 Å². The van der Waals surface area contributed by atoms with E-state index in [1.165, 1.54) is 0 Å². The van der Waals surface area contributed by atoms with Gasteiger partial charge in [-0.1, -0.05) is 13.8 Å². The molecule has 0 spiro atoms. The van der Waals surface area contributed by atoms with Crippen LogP contribution in [0.1, 0.15) is 60.8 Å². The lowest BCUT2D eigenvalue weighted by Crippen LogP contribution is -2.37. The Balaban J connectivity index is 1.67. The van der Waals surface area contributed by atoms with Gasteiger partial charge in [0.2, 0.25) is 0 Å². The molecular formula is C17H27N7O. The van der Waals surface area contributed by atoms with Crippen LogP contribution in [0.4, 0.5) is 0 Å². The van der Waals surface area contributed by atoms with Crippen molar-refractivity contribution in [3.8, 4) is 0 Å². The number of aromatic nitrogens is 5. The number of nitrogens with one attached hydrogen (secondary N) is 1. The molecule has 1 fully saturated rings. The molecule has 8 nitrogen and oxygen atoms in total. The summed E-state index contributed by atoms with van der Waals surface area (Å²) >= 11 is 0. The predicted octanol–water partition coefficient (Wildman–Crippen LogP) is 1.33. The Hall–Kier alpha value is -2.22. The van der Waals surface area contributed by atoms with Crippen LogP contribution in [0.2, 0.25) is 0 Å². The fraction of sp³-hybridized carbons (Fsp3) is 0.647. The normalized spacial score (nSPS) is 18.7. The minimum absolute atomic E-state index is 0.147. The third kappa shape index (κ3) is 3.73. The zero-order chi connectivity index (χ0) is 18.0. The minimum atomic E-state index is -0.147. The molecule has 1 saturated heterocycles. The SMILES string of the molecule is CNC(=O)c1ccn([C@H]2CCCN(Cc3nnc(C(C)C)n3C)C2)n1. The van der Waals surface area contributed by atoms with E-state index in [9.17, 15) is 4.79 Å². The quantitative estimate of drug-likeness (QED) is 0.884. The maximum absolute atomic E-state index is 11.7. The molecular weight excluding hydrogens is 318 g/mol. The topological polar surface area (TPSA) is 80.9 Å². The summed E-state index contributed by atoms with van der Waals surface area (Å²) in [6.07, 6.45) is 4.08. The second-order valence-electron chi connectivity index (χ2n) is 6.98. The maximum Gasteiger partial charge on any atom is 0.271 e. The minimum Gasteiger partial charge on any atom is -0.354 e. The second-order valence-corrected chi connectivity index (χ2v) is 6.98. The van der Waals surface area contributed by atoms with Crippen LogP contribution in [0.25, 0.3) is 0 Å². The van der Waals surface area contributed by atoms with Crippen LogP contribution in [0.15, 0.2) is 12.3 Å². The monoisotopic (exact) mass is 345 g/mol. The van der Waals surface area contributed by atoms with E-state index < -0.39 is 0 Å². The molecule has 0 bridgehead atoms. The molecule has 136 valence electrons. The van der Waals surface area contributed by atoms with Crippen LogP contribution in [-0.4, -0.2) is 55.5 Å². The Morgan fingerprint density at radius 1 is 1.40 bits per heavy atom. The summed E-state index contributed by atoms with van der Waals surface area (Å²) in [5.74, 6) is 2.24. The number of hydrogen-bond acceptors (Lipinski definition) is 5. The van der Waals surface area contributed by atoms with Gasteiger partial charge in [0.05, 0.1) is 12.6 Å².